The van der Waals surface area contributed by atoms with Crippen LogP contribution >= 0.6 is 11.6 Å². The molecule has 0 unspecified atom stereocenters. The van der Waals surface area contributed by atoms with E-state index < -0.39 is 0 Å². The van der Waals surface area contributed by atoms with Gasteiger partial charge in [-0.25, -0.2) is 0 Å². The summed E-state index contributed by atoms with van der Waals surface area (Å²) in [4.78, 5) is 10.9. The number of carbonyl (C=O) groups excluding carboxylic acids is 1. The fraction of sp³-hybridized carbons (Fsp3) is 0.300. The van der Waals surface area contributed by atoms with Crippen molar-refractivity contribution in [2.75, 3.05) is 5.73 Å². The number of rotatable bonds is 1. The van der Waals surface area contributed by atoms with Crippen molar-refractivity contribution >= 4 is 23.1 Å². The summed E-state index contributed by atoms with van der Waals surface area (Å²) in [6.45, 7) is 5.44. The Bertz CT molecular complexity index is 277. The summed E-state index contributed by atoms with van der Waals surface area (Å²) in [5.41, 5.74) is 6.36. The highest BCUT2D eigenvalue weighted by Gasteiger charge is 2.07. The Hall–Kier alpha value is -1.02. The topological polar surface area (TPSA) is 43.1 Å². The summed E-state index contributed by atoms with van der Waals surface area (Å²) in [5, 5.41) is 0.414. The van der Waals surface area contributed by atoms with E-state index in [0.29, 0.717) is 16.3 Å². The minimum Gasteiger partial charge on any atom is -0.398 e. The zero-order valence-corrected chi connectivity index (χ0v) is 8.85. The molecular weight excluding hydrogens is 186 g/mol. The molecule has 72 valence electrons. The SMILES string of the molecule is CC.CC(=O)c1c(N)cccc1Cl. The van der Waals surface area contributed by atoms with Gasteiger partial charge in [0.1, 0.15) is 0 Å². The number of carbonyl (C=O) groups is 1. The zero-order chi connectivity index (χ0) is 10.4. The number of halogens is 1. The summed E-state index contributed by atoms with van der Waals surface area (Å²) in [5.74, 6) is -0.104. The number of benzene rings is 1. The van der Waals surface area contributed by atoms with Crippen LogP contribution in [0.3, 0.4) is 0 Å². The fourth-order valence-electron chi connectivity index (χ4n) is 0.912. The lowest BCUT2D eigenvalue weighted by atomic mass is 10.1. The summed E-state index contributed by atoms with van der Waals surface area (Å²) in [6.07, 6.45) is 0. The van der Waals surface area contributed by atoms with Crippen LogP contribution in [-0.2, 0) is 0 Å². The van der Waals surface area contributed by atoms with E-state index in [9.17, 15) is 4.79 Å². The molecule has 0 aromatic heterocycles. The van der Waals surface area contributed by atoms with Crippen LogP contribution in [-0.4, -0.2) is 5.78 Å². The number of Topliss-reactive ketones (excluding diaryl/α,β-unsaturated/α-hetero) is 1. The third-order valence-corrected chi connectivity index (χ3v) is 1.71. The Labute approximate surface area is 83.7 Å². The lowest BCUT2D eigenvalue weighted by molar-refractivity contribution is 0.101. The third kappa shape index (κ3) is 3.07. The molecule has 0 aliphatic heterocycles. The predicted octanol–water partition coefficient (Wildman–Crippen LogP) is 3.15. The second kappa shape index (κ2) is 5.60. The monoisotopic (exact) mass is 199 g/mol. The highest BCUT2D eigenvalue weighted by molar-refractivity contribution is 6.34. The molecule has 0 saturated heterocycles. The normalized spacial score (nSPS) is 8.62. The van der Waals surface area contributed by atoms with Crippen LogP contribution in [0.5, 0.6) is 0 Å². The molecule has 13 heavy (non-hydrogen) atoms. The minimum atomic E-state index is -0.104. The molecule has 2 nitrogen and oxygen atoms in total. The highest BCUT2D eigenvalue weighted by atomic mass is 35.5. The summed E-state index contributed by atoms with van der Waals surface area (Å²) in [6, 6.07) is 5.02. The first-order chi connectivity index (χ1) is 6.13. The number of nitrogen functional groups attached to an aromatic ring is 1. The first-order valence-corrected chi connectivity index (χ1v) is 4.55. The molecule has 1 rings (SSSR count). The van der Waals surface area contributed by atoms with Crippen molar-refractivity contribution < 1.29 is 4.79 Å². The maximum absolute atomic E-state index is 10.9. The molecule has 0 radical (unpaired) electrons. The number of hydrogen-bond acceptors (Lipinski definition) is 2. The molecule has 3 heteroatoms. The van der Waals surface area contributed by atoms with Gasteiger partial charge < -0.3 is 5.73 Å². The Morgan fingerprint density at radius 3 is 2.23 bits per heavy atom. The van der Waals surface area contributed by atoms with E-state index in [0.717, 1.165) is 0 Å². The number of nitrogens with two attached hydrogens (primary N) is 1. The second-order valence-corrected chi connectivity index (χ2v) is 2.67. The molecule has 1 aromatic rings. The van der Waals surface area contributed by atoms with Gasteiger partial charge in [-0.15, -0.1) is 0 Å². The van der Waals surface area contributed by atoms with Crippen LogP contribution in [0.2, 0.25) is 5.02 Å². The van der Waals surface area contributed by atoms with E-state index in [-0.39, 0.29) is 5.78 Å². The van der Waals surface area contributed by atoms with Crippen LogP contribution in [0.15, 0.2) is 18.2 Å². The molecular formula is C10H14ClNO. The van der Waals surface area contributed by atoms with Gasteiger partial charge in [-0.1, -0.05) is 31.5 Å². The number of ketones is 1. The van der Waals surface area contributed by atoms with Crippen molar-refractivity contribution in [3.05, 3.63) is 28.8 Å². The first kappa shape index (κ1) is 12.0. The van der Waals surface area contributed by atoms with Crippen LogP contribution in [0, 0.1) is 0 Å². The first-order valence-electron chi connectivity index (χ1n) is 4.18. The lowest BCUT2D eigenvalue weighted by Gasteiger charge is -2.02. The summed E-state index contributed by atoms with van der Waals surface area (Å²) >= 11 is 5.72. The van der Waals surface area contributed by atoms with Gasteiger partial charge in [-0.2, -0.15) is 0 Å². The van der Waals surface area contributed by atoms with Crippen LogP contribution < -0.4 is 5.73 Å². The summed E-state index contributed by atoms with van der Waals surface area (Å²) in [7, 11) is 0. The van der Waals surface area contributed by atoms with E-state index in [2.05, 4.69) is 0 Å². The lowest BCUT2D eigenvalue weighted by Crippen LogP contribution is -1.99. The molecule has 2 N–H and O–H groups in total. The Morgan fingerprint density at radius 2 is 1.92 bits per heavy atom. The highest BCUT2D eigenvalue weighted by Crippen LogP contribution is 2.21. The van der Waals surface area contributed by atoms with Crippen LogP contribution in [0.25, 0.3) is 0 Å². The van der Waals surface area contributed by atoms with Gasteiger partial charge in [0, 0.05) is 5.69 Å². The fourth-order valence-corrected chi connectivity index (χ4v) is 1.23. The van der Waals surface area contributed by atoms with E-state index >= 15 is 0 Å². The van der Waals surface area contributed by atoms with Crippen LogP contribution in [0.4, 0.5) is 5.69 Å². The van der Waals surface area contributed by atoms with E-state index in [1.54, 1.807) is 18.2 Å². The summed E-state index contributed by atoms with van der Waals surface area (Å²) < 4.78 is 0. The zero-order valence-electron chi connectivity index (χ0n) is 8.10. The minimum absolute atomic E-state index is 0.104. The molecule has 1 aromatic carbocycles. The van der Waals surface area contributed by atoms with Crippen molar-refractivity contribution in [3.8, 4) is 0 Å². The Balaban J connectivity index is 0.000000671. The smallest absolute Gasteiger partial charge is 0.163 e. The van der Waals surface area contributed by atoms with Gasteiger partial charge in [0.05, 0.1) is 10.6 Å². The van der Waals surface area contributed by atoms with Gasteiger partial charge in [-0.05, 0) is 19.1 Å². The third-order valence-electron chi connectivity index (χ3n) is 1.40. The molecule has 0 fully saturated rings. The Kier molecular flexibility index (Phi) is 5.16. The standard InChI is InChI=1S/C8H8ClNO.C2H6/c1-5(11)8-6(9)3-2-4-7(8)10;1-2/h2-4H,10H2,1H3;1-2H3. The van der Waals surface area contributed by atoms with Gasteiger partial charge >= 0.3 is 0 Å². The van der Waals surface area contributed by atoms with Crippen molar-refractivity contribution in [2.24, 2.45) is 0 Å². The molecule has 0 aliphatic carbocycles. The van der Waals surface area contributed by atoms with Crippen molar-refractivity contribution in [3.63, 3.8) is 0 Å². The Morgan fingerprint density at radius 1 is 1.38 bits per heavy atom. The van der Waals surface area contributed by atoms with E-state index in [1.807, 2.05) is 13.8 Å². The van der Waals surface area contributed by atoms with Gasteiger partial charge in [0.2, 0.25) is 0 Å². The van der Waals surface area contributed by atoms with Gasteiger partial charge in [0.15, 0.2) is 5.78 Å². The maximum atomic E-state index is 10.9. The van der Waals surface area contributed by atoms with Crippen molar-refractivity contribution in [2.45, 2.75) is 20.8 Å². The van der Waals surface area contributed by atoms with E-state index in [1.165, 1.54) is 6.92 Å². The molecule has 0 aliphatic rings. The average Bonchev–Trinajstić information content (AvgIpc) is 2.07. The molecule has 0 amide bonds. The van der Waals surface area contributed by atoms with E-state index in [4.69, 9.17) is 17.3 Å². The van der Waals surface area contributed by atoms with Gasteiger partial charge in [0.25, 0.3) is 0 Å². The second-order valence-electron chi connectivity index (χ2n) is 2.26. The van der Waals surface area contributed by atoms with Gasteiger partial charge in [-0.3, -0.25) is 4.79 Å². The number of hydrogen-bond donors (Lipinski definition) is 1. The molecule has 0 atom stereocenters. The van der Waals surface area contributed by atoms with Crippen molar-refractivity contribution in [1.82, 2.24) is 0 Å². The molecule has 0 bridgehead atoms. The van der Waals surface area contributed by atoms with Crippen molar-refractivity contribution in [1.29, 1.82) is 0 Å². The quantitative estimate of drug-likeness (QED) is 0.558. The number of anilines is 1. The molecule has 0 heterocycles. The molecule has 0 saturated carbocycles. The largest absolute Gasteiger partial charge is 0.398 e. The predicted molar refractivity (Wildman–Crippen MR) is 57.2 cm³/mol. The average molecular weight is 200 g/mol. The van der Waals surface area contributed by atoms with Crippen LogP contribution in [0.1, 0.15) is 31.1 Å². The maximum Gasteiger partial charge on any atom is 0.163 e. The molecule has 0 spiro atoms.